The minimum atomic E-state index is 0.251. The number of hydrogen-bond donors (Lipinski definition) is 0. The van der Waals surface area contributed by atoms with Crippen molar-refractivity contribution in [2.75, 3.05) is 20.3 Å². The number of aryl methyl sites for hydroxylation is 1. The molecule has 1 fully saturated rings. The highest BCUT2D eigenvalue weighted by molar-refractivity contribution is 5.34. The van der Waals surface area contributed by atoms with Crippen LogP contribution in [0.4, 0.5) is 0 Å². The van der Waals surface area contributed by atoms with Gasteiger partial charge in [-0.05, 0) is 19.1 Å². The summed E-state index contributed by atoms with van der Waals surface area (Å²) in [5, 5.41) is 0. The Morgan fingerprint density at radius 2 is 2.36 bits per heavy atom. The molecule has 0 saturated carbocycles. The fourth-order valence-electron chi connectivity index (χ4n) is 1.12. The van der Waals surface area contributed by atoms with Crippen molar-refractivity contribution >= 4 is 0 Å². The van der Waals surface area contributed by atoms with Crippen LogP contribution in [0.2, 0.25) is 0 Å². The Morgan fingerprint density at radius 1 is 1.57 bits per heavy atom. The summed E-state index contributed by atoms with van der Waals surface area (Å²) < 4.78 is 15.6. The number of epoxide rings is 1. The third-order valence-electron chi connectivity index (χ3n) is 1.99. The number of ether oxygens (including phenoxy) is 3. The molecule has 1 aliphatic heterocycles. The van der Waals surface area contributed by atoms with Gasteiger partial charge >= 0.3 is 0 Å². The number of hydrogen-bond acceptors (Lipinski definition) is 4. The van der Waals surface area contributed by atoms with Gasteiger partial charge in [0.25, 0.3) is 5.88 Å². The van der Waals surface area contributed by atoms with Crippen LogP contribution in [0.1, 0.15) is 5.69 Å². The molecule has 2 heterocycles. The van der Waals surface area contributed by atoms with Gasteiger partial charge in [0.1, 0.15) is 12.7 Å². The van der Waals surface area contributed by atoms with Crippen molar-refractivity contribution < 1.29 is 14.2 Å². The molecule has 1 aromatic heterocycles. The van der Waals surface area contributed by atoms with Gasteiger partial charge in [-0.15, -0.1) is 0 Å². The second-order valence-corrected chi connectivity index (χ2v) is 3.23. The highest BCUT2D eigenvalue weighted by atomic mass is 16.6. The Balaban J connectivity index is 2.05. The van der Waals surface area contributed by atoms with Crippen LogP contribution in [-0.4, -0.2) is 31.4 Å². The number of methoxy groups -OCH3 is 1. The van der Waals surface area contributed by atoms with Gasteiger partial charge in [-0.2, -0.15) is 0 Å². The summed E-state index contributed by atoms with van der Waals surface area (Å²) in [6, 6.07) is 3.76. The molecule has 0 N–H and O–H groups in total. The van der Waals surface area contributed by atoms with E-state index in [0.717, 1.165) is 12.3 Å². The number of pyridine rings is 1. The molecule has 1 unspecified atom stereocenters. The summed E-state index contributed by atoms with van der Waals surface area (Å²) in [7, 11) is 1.59. The highest BCUT2D eigenvalue weighted by Gasteiger charge is 2.23. The standard InChI is InChI=1S/C10H13NO3/c1-7-3-4-9(10(11-7)12-2)14-6-8-5-13-8/h3-4,8H,5-6H2,1-2H3. The number of aromatic nitrogens is 1. The molecule has 76 valence electrons. The smallest absolute Gasteiger partial charge is 0.256 e. The van der Waals surface area contributed by atoms with Crippen molar-refractivity contribution in [3.8, 4) is 11.6 Å². The maximum absolute atomic E-state index is 5.49. The monoisotopic (exact) mass is 195 g/mol. The van der Waals surface area contributed by atoms with E-state index >= 15 is 0 Å². The zero-order chi connectivity index (χ0) is 9.97. The first-order valence-corrected chi connectivity index (χ1v) is 4.55. The lowest BCUT2D eigenvalue weighted by Crippen LogP contribution is -2.06. The van der Waals surface area contributed by atoms with Gasteiger partial charge in [0, 0.05) is 5.69 Å². The summed E-state index contributed by atoms with van der Waals surface area (Å²) in [5.41, 5.74) is 0.914. The Labute approximate surface area is 82.8 Å². The minimum Gasteiger partial charge on any atom is -0.485 e. The van der Waals surface area contributed by atoms with E-state index in [0.29, 0.717) is 18.2 Å². The molecule has 0 spiro atoms. The molecule has 2 rings (SSSR count). The Hall–Kier alpha value is -1.29. The molecule has 0 aliphatic carbocycles. The molecule has 0 amide bonds. The van der Waals surface area contributed by atoms with E-state index in [1.807, 2.05) is 19.1 Å². The highest BCUT2D eigenvalue weighted by Crippen LogP contribution is 2.25. The Morgan fingerprint density at radius 3 is 3.00 bits per heavy atom. The normalized spacial score (nSPS) is 19.1. The first kappa shape index (κ1) is 9.27. The molecule has 0 bridgehead atoms. The lowest BCUT2D eigenvalue weighted by molar-refractivity contribution is 0.249. The average Bonchev–Trinajstić information content (AvgIpc) is 2.99. The van der Waals surface area contributed by atoms with Crippen LogP contribution in [0.3, 0.4) is 0 Å². The van der Waals surface area contributed by atoms with Crippen LogP contribution >= 0.6 is 0 Å². The summed E-state index contributed by atoms with van der Waals surface area (Å²) in [6.07, 6.45) is 0.251. The lowest BCUT2D eigenvalue weighted by atomic mass is 10.3. The topological polar surface area (TPSA) is 43.9 Å². The van der Waals surface area contributed by atoms with Gasteiger partial charge in [0.05, 0.1) is 13.7 Å². The van der Waals surface area contributed by atoms with Crippen LogP contribution in [0.5, 0.6) is 11.6 Å². The van der Waals surface area contributed by atoms with Crippen molar-refractivity contribution in [1.29, 1.82) is 0 Å². The van der Waals surface area contributed by atoms with E-state index in [4.69, 9.17) is 14.2 Å². The molecule has 0 radical (unpaired) electrons. The number of rotatable bonds is 4. The van der Waals surface area contributed by atoms with E-state index in [2.05, 4.69) is 4.98 Å². The zero-order valence-corrected chi connectivity index (χ0v) is 8.32. The van der Waals surface area contributed by atoms with Crippen molar-refractivity contribution in [3.63, 3.8) is 0 Å². The zero-order valence-electron chi connectivity index (χ0n) is 8.32. The predicted molar refractivity (Wildman–Crippen MR) is 50.8 cm³/mol. The maximum atomic E-state index is 5.49. The van der Waals surface area contributed by atoms with Crippen LogP contribution in [0.25, 0.3) is 0 Å². The van der Waals surface area contributed by atoms with Gasteiger partial charge < -0.3 is 14.2 Å². The van der Waals surface area contributed by atoms with Crippen LogP contribution in [-0.2, 0) is 4.74 Å². The first-order chi connectivity index (χ1) is 6.79. The molecule has 1 atom stereocenters. The molecule has 4 heteroatoms. The maximum Gasteiger partial charge on any atom is 0.256 e. The van der Waals surface area contributed by atoms with Gasteiger partial charge in [-0.1, -0.05) is 0 Å². The van der Waals surface area contributed by atoms with Gasteiger partial charge in [0.15, 0.2) is 5.75 Å². The molecule has 1 aliphatic rings. The van der Waals surface area contributed by atoms with Crippen molar-refractivity contribution in [2.45, 2.75) is 13.0 Å². The Kier molecular flexibility index (Phi) is 2.54. The quantitative estimate of drug-likeness (QED) is 0.676. The van der Waals surface area contributed by atoms with Gasteiger partial charge in [0.2, 0.25) is 0 Å². The Bertz CT molecular complexity index is 323. The van der Waals surface area contributed by atoms with Gasteiger partial charge in [-0.25, -0.2) is 4.98 Å². The minimum absolute atomic E-state index is 0.251. The van der Waals surface area contributed by atoms with Crippen molar-refractivity contribution in [3.05, 3.63) is 17.8 Å². The van der Waals surface area contributed by atoms with E-state index in [-0.39, 0.29) is 6.10 Å². The SMILES string of the molecule is COc1nc(C)ccc1OCC1CO1. The second kappa shape index (κ2) is 3.84. The second-order valence-electron chi connectivity index (χ2n) is 3.23. The summed E-state index contributed by atoms with van der Waals surface area (Å²) in [5.74, 6) is 1.21. The molecule has 14 heavy (non-hydrogen) atoms. The fourth-order valence-corrected chi connectivity index (χ4v) is 1.12. The first-order valence-electron chi connectivity index (χ1n) is 4.55. The summed E-state index contributed by atoms with van der Waals surface area (Å²) in [4.78, 5) is 4.20. The molecular weight excluding hydrogens is 182 g/mol. The van der Waals surface area contributed by atoms with E-state index in [1.54, 1.807) is 7.11 Å². The van der Waals surface area contributed by atoms with Gasteiger partial charge in [-0.3, -0.25) is 0 Å². The molecule has 4 nitrogen and oxygen atoms in total. The largest absolute Gasteiger partial charge is 0.485 e. The lowest BCUT2D eigenvalue weighted by Gasteiger charge is -2.08. The molecular formula is C10H13NO3. The van der Waals surface area contributed by atoms with Crippen LogP contribution in [0.15, 0.2) is 12.1 Å². The summed E-state index contributed by atoms with van der Waals surface area (Å²) >= 11 is 0. The predicted octanol–water partition coefficient (Wildman–Crippen LogP) is 1.18. The third kappa shape index (κ3) is 2.14. The van der Waals surface area contributed by atoms with Crippen LogP contribution < -0.4 is 9.47 Å². The van der Waals surface area contributed by atoms with E-state index in [1.165, 1.54) is 0 Å². The average molecular weight is 195 g/mol. The number of nitrogens with zero attached hydrogens (tertiary/aromatic N) is 1. The molecule has 1 aromatic rings. The molecule has 1 saturated heterocycles. The van der Waals surface area contributed by atoms with Crippen molar-refractivity contribution in [2.24, 2.45) is 0 Å². The molecule has 0 aromatic carbocycles. The van der Waals surface area contributed by atoms with Crippen molar-refractivity contribution in [1.82, 2.24) is 4.98 Å². The van der Waals surface area contributed by atoms with Crippen LogP contribution in [0, 0.1) is 6.92 Å². The third-order valence-corrected chi connectivity index (χ3v) is 1.99. The fraction of sp³-hybridized carbons (Fsp3) is 0.500. The van der Waals surface area contributed by atoms with E-state index in [9.17, 15) is 0 Å². The van der Waals surface area contributed by atoms with E-state index < -0.39 is 0 Å². The summed E-state index contributed by atoms with van der Waals surface area (Å²) in [6.45, 7) is 3.28.